The zero-order valence-corrected chi connectivity index (χ0v) is 19.3. The lowest BCUT2D eigenvalue weighted by molar-refractivity contribution is -0.114. The number of carbonyl (C=O) groups is 1. The lowest BCUT2D eigenvalue weighted by atomic mass is 10.3. The van der Waals surface area contributed by atoms with Crippen LogP contribution in [0, 0.1) is 6.92 Å². The van der Waals surface area contributed by atoms with Gasteiger partial charge in [0.25, 0.3) is 5.56 Å². The monoisotopic (exact) mass is 482 g/mol. The third-order valence-corrected chi connectivity index (χ3v) is 6.36. The second-order valence-electron chi connectivity index (χ2n) is 6.85. The molecule has 1 amide bonds. The molecular formula is C20H20Cl2N4O4S. The number of nitrogens with zero attached hydrogens (tertiary/aromatic N) is 3. The molecule has 3 rings (SSSR count). The molecule has 0 unspecified atom stereocenters. The summed E-state index contributed by atoms with van der Waals surface area (Å²) < 4.78 is 28.5. The zero-order chi connectivity index (χ0) is 22.9. The Labute approximate surface area is 189 Å². The molecule has 1 heterocycles. The van der Waals surface area contributed by atoms with Gasteiger partial charge in [0.1, 0.15) is 12.2 Å². The van der Waals surface area contributed by atoms with Crippen molar-refractivity contribution >= 4 is 50.5 Å². The number of halogens is 2. The lowest BCUT2D eigenvalue weighted by Gasteiger charge is -2.23. The fourth-order valence-corrected chi connectivity index (χ4v) is 4.38. The number of anilines is 2. The van der Waals surface area contributed by atoms with Crippen LogP contribution in [0.5, 0.6) is 0 Å². The molecule has 1 aromatic heterocycles. The van der Waals surface area contributed by atoms with Crippen molar-refractivity contribution in [2.75, 3.05) is 22.4 Å². The van der Waals surface area contributed by atoms with Crippen LogP contribution in [0.4, 0.5) is 11.4 Å². The molecule has 0 aliphatic rings. The van der Waals surface area contributed by atoms with Gasteiger partial charge in [0, 0.05) is 12.1 Å². The van der Waals surface area contributed by atoms with E-state index in [1.54, 1.807) is 42.9 Å². The van der Waals surface area contributed by atoms with E-state index >= 15 is 0 Å². The summed E-state index contributed by atoms with van der Waals surface area (Å²) in [5.74, 6) is -0.701. The van der Waals surface area contributed by atoms with E-state index in [-0.39, 0.29) is 21.4 Å². The Morgan fingerprint density at radius 2 is 1.77 bits per heavy atom. The maximum atomic E-state index is 13.0. The van der Waals surface area contributed by atoms with Crippen LogP contribution in [0.25, 0.3) is 5.69 Å². The Bertz CT molecular complexity index is 1300. The van der Waals surface area contributed by atoms with Crippen LogP contribution >= 0.6 is 23.2 Å². The third-order valence-electron chi connectivity index (χ3n) is 4.68. The van der Waals surface area contributed by atoms with Crippen LogP contribution in [-0.2, 0) is 21.9 Å². The predicted octanol–water partition coefficient (Wildman–Crippen LogP) is 3.20. The Morgan fingerprint density at radius 1 is 1.13 bits per heavy atom. The van der Waals surface area contributed by atoms with E-state index in [1.807, 2.05) is 6.07 Å². The van der Waals surface area contributed by atoms with Crippen LogP contribution < -0.4 is 15.2 Å². The first-order chi connectivity index (χ1) is 14.5. The smallest absolute Gasteiger partial charge is 0.295 e. The molecule has 1 N–H and O–H groups in total. The number of nitrogens with one attached hydrogen (secondary N) is 1. The predicted molar refractivity (Wildman–Crippen MR) is 123 cm³/mol. The Kier molecular flexibility index (Phi) is 6.49. The Morgan fingerprint density at radius 3 is 2.39 bits per heavy atom. The Balaban J connectivity index is 1.94. The summed E-state index contributed by atoms with van der Waals surface area (Å²) in [7, 11) is -2.18. The molecule has 0 aliphatic carbocycles. The van der Waals surface area contributed by atoms with Gasteiger partial charge in [0.05, 0.1) is 28.3 Å². The molecule has 164 valence electrons. The van der Waals surface area contributed by atoms with E-state index in [4.69, 9.17) is 23.2 Å². The summed E-state index contributed by atoms with van der Waals surface area (Å²) in [5, 5.41) is 2.92. The summed E-state index contributed by atoms with van der Waals surface area (Å²) in [5.41, 5.74) is 0.822. The fraction of sp³-hybridized carbons (Fsp3) is 0.200. The molecule has 0 bridgehead atoms. The van der Waals surface area contributed by atoms with Gasteiger partial charge in [-0.1, -0.05) is 41.4 Å². The van der Waals surface area contributed by atoms with Gasteiger partial charge >= 0.3 is 0 Å². The molecule has 0 atom stereocenters. The van der Waals surface area contributed by atoms with E-state index < -0.39 is 28.0 Å². The number of carbonyl (C=O) groups excluding carboxylic acids is 1. The van der Waals surface area contributed by atoms with Crippen molar-refractivity contribution < 1.29 is 13.2 Å². The van der Waals surface area contributed by atoms with Gasteiger partial charge in [-0.05, 0) is 37.3 Å². The van der Waals surface area contributed by atoms with Crippen molar-refractivity contribution in [1.29, 1.82) is 0 Å². The SMILES string of the molecule is Cc1c(NC(=O)CN(c2cc(Cl)ccc2Cl)S(C)(=O)=O)c(=O)n(-c2ccccc2)n1C. The molecule has 0 aliphatic heterocycles. The van der Waals surface area contributed by atoms with E-state index in [9.17, 15) is 18.0 Å². The van der Waals surface area contributed by atoms with Crippen molar-refractivity contribution in [1.82, 2.24) is 9.36 Å². The first kappa shape index (κ1) is 22.9. The standard InChI is InChI=1S/C20H20Cl2N4O4S/c1-13-19(20(28)26(24(13)2)15-7-5-4-6-8-15)23-18(27)12-25(31(3,29)30)17-11-14(21)9-10-16(17)22/h4-11H,12H2,1-3H3,(H,23,27). The second kappa shape index (κ2) is 8.78. The summed E-state index contributed by atoms with van der Waals surface area (Å²) in [6.07, 6.45) is 0.952. The van der Waals surface area contributed by atoms with Gasteiger partial charge in [0.15, 0.2) is 0 Å². The third kappa shape index (κ3) is 4.79. The van der Waals surface area contributed by atoms with Crippen molar-refractivity contribution in [3.05, 3.63) is 74.6 Å². The highest BCUT2D eigenvalue weighted by Gasteiger charge is 2.25. The second-order valence-corrected chi connectivity index (χ2v) is 9.60. The molecule has 0 saturated carbocycles. The van der Waals surface area contributed by atoms with Crippen LogP contribution in [-0.4, -0.2) is 36.5 Å². The minimum absolute atomic E-state index is 0.0574. The summed E-state index contributed by atoms with van der Waals surface area (Å²) in [6, 6.07) is 13.2. The van der Waals surface area contributed by atoms with Crippen molar-refractivity contribution in [3.63, 3.8) is 0 Å². The number of sulfonamides is 1. The van der Waals surface area contributed by atoms with Crippen LogP contribution in [0.3, 0.4) is 0 Å². The molecule has 3 aromatic rings. The summed E-state index contributed by atoms with van der Waals surface area (Å²) in [4.78, 5) is 25.7. The molecule has 31 heavy (non-hydrogen) atoms. The number of hydrogen-bond acceptors (Lipinski definition) is 4. The summed E-state index contributed by atoms with van der Waals surface area (Å²) >= 11 is 12.1. The first-order valence-electron chi connectivity index (χ1n) is 9.07. The van der Waals surface area contributed by atoms with Crippen molar-refractivity contribution in [2.45, 2.75) is 6.92 Å². The topological polar surface area (TPSA) is 93.4 Å². The highest BCUT2D eigenvalue weighted by Crippen LogP contribution is 2.30. The van der Waals surface area contributed by atoms with E-state index in [2.05, 4.69) is 5.32 Å². The first-order valence-corrected chi connectivity index (χ1v) is 11.7. The average Bonchev–Trinajstić information content (AvgIpc) is 2.91. The van der Waals surface area contributed by atoms with Gasteiger partial charge in [-0.15, -0.1) is 0 Å². The normalized spacial score (nSPS) is 11.4. The minimum Gasteiger partial charge on any atom is -0.318 e. The van der Waals surface area contributed by atoms with E-state index in [0.29, 0.717) is 11.4 Å². The number of amides is 1. The largest absolute Gasteiger partial charge is 0.318 e. The van der Waals surface area contributed by atoms with E-state index in [1.165, 1.54) is 22.9 Å². The minimum atomic E-state index is -3.87. The van der Waals surface area contributed by atoms with Crippen LogP contribution in [0.2, 0.25) is 10.0 Å². The fourth-order valence-electron chi connectivity index (χ4n) is 3.08. The molecule has 2 aromatic carbocycles. The molecule has 8 nitrogen and oxygen atoms in total. The zero-order valence-electron chi connectivity index (χ0n) is 17.0. The molecule has 0 spiro atoms. The average molecular weight is 483 g/mol. The van der Waals surface area contributed by atoms with Gasteiger partial charge in [-0.25, -0.2) is 13.1 Å². The van der Waals surface area contributed by atoms with Gasteiger partial charge in [-0.2, -0.15) is 0 Å². The highest BCUT2D eigenvalue weighted by atomic mass is 35.5. The molecule has 11 heteroatoms. The molecule has 0 saturated heterocycles. The van der Waals surface area contributed by atoms with E-state index in [0.717, 1.165) is 10.6 Å². The maximum absolute atomic E-state index is 13.0. The highest BCUT2D eigenvalue weighted by molar-refractivity contribution is 7.92. The number of aromatic nitrogens is 2. The van der Waals surface area contributed by atoms with Crippen molar-refractivity contribution in [3.8, 4) is 5.69 Å². The van der Waals surface area contributed by atoms with Crippen LogP contribution in [0.15, 0.2) is 53.3 Å². The number of rotatable bonds is 6. The quantitative estimate of drug-likeness (QED) is 0.583. The van der Waals surface area contributed by atoms with Gasteiger partial charge in [0.2, 0.25) is 15.9 Å². The van der Waals surface area contributed by atoms with Crippen molar-refractivity contribution in [2.24, 2.45) is 7.05 Å². The van der Waals surface area contributed by atoms with Crippen LogP contribution in [0.1, 0.15) is 5.69 Å². The van der Waals surface area contributed by atoms with Gasteiger partial charge < -0.3 is 5.32 Å². The number of para-hydroxylation sites is 1. The molecular weight excluding hydrogens is 463 g/mol. The lowest BCUT2D eigenvalue weighted by Crippen LogP contribution is -2.38. The molecule has 0 radical (unpaired) electrons. The molecule has 0 fully saturated rings. The Hall–Kier alpha value is -2.75. The number of benzene rings is 2. The maximum Gasteiger partial charge on any atom is 0.295 e. The number of hydrogen-bond donors (Lipinski definition) is 1. The summed E-state index contributed by atoms with van der Waals surface area (Å²) in [6.45, 7) is 1.09. The van der Waals surface area contributed by atoms with Gasteiger partial charge in [-0.3, -0.25) is 18.6 Å².